The summed E-state index contributed by atoms with van der Waals surface area (Å²) < 4.78 is 0. The van der Waals surface area contributed by atoms with Crippen molar-refractivity contribution in [3.8, 4) is 0 Å². The number of hydrogen-bond donors (Lipinski definition) is 2. The third-order valence-corrected chi connectivity index (χ3v) is 3.12. The van der Waals surface area contributed by atoms with Gasteiger partial charge in [-0.1, -0.05) is 13.3 Å². The van der Waals surface area contributed by atoms with E-state index < -0.39 is 5.54 Å². The Kier molecular flexibility index (Phi) is 5.83. The molecule has 15 heavy (non-hydrogen) atoms. The number of nitrogens with two attached hydrogens (primary N) is 1. The molecule has 3 N–H and O–H groups in total. The minimum absolute atomic E-state index is 0.305. The fourth-order valence-electron chi connectivity index (χ4n) is 1.57. The average Bonchev–Trinajstić information content (AvgIpc) is 2.17. The summed E-state index contributed by atoms with van der Waals surface area (Å²) in [5.74, 6) is -0.305. The van der Waals surface area contributed by atoms with Gasteiger partial charge in [-0.15, -0.1) is 0 Å². The summed E-state index contributed by atoms with van der Waals surface area (Å²) in [6.45, 7) is 6.81. The maximum Gasteiger partial charge on any atom is 0.238 e. The summed E-state index contributed by atoms with van der Waals surface area (Å²) in [5.41, 5.74) is 4.73. The molecule has 0 aromatic heterocycles. The van der Waals surface area contributed by atoms with Gasteiger partial charge in [-0.2, -0.15) is 0 Å². The molecule has 1 amide bonds. The van der Waals surface area contributed by atoms with Crippen LogP contribution in [0.1, 0.15) is 33.6 Å². The average molecular weight is 215 g/mol. The summed E-state index contributed by atoms with van der Waals surface area (Å²) in [5, 5.41) is 2.99. The summed E-state index contributed by atoms with van der Waals surface area (Å²) in [6.07, 6.45) is 2.29. The molecule has 0 fully saturated rings. The number of primary amides is 1. The first-order valence-corrected chi connectivity index (χ1v) is 5.56. The van der Waals surface area contributed by atoms with Crippen molar-refractivity contribution in [3.05, 3.63) is 0 Å². The molecule has 4 nitrogen and oxygen atoms in total. The molecule has 2 unspecified atom stereocenters. The Morgan fingerprint density at radius 3 is 2.47 bits per heavy atom. The Balaban J connectivity index is 4.35. The Morgan fingerprint density at radius 2 is 2.13 bits per heavy atom. The van der Waals surface area contributed by atoms with Crippen molar-refractivity contribution in [1.82, 2.24) is 10.2 Å². The Hall–Kier alpha value is -0.610. The van der Waals surface area contributed by atoms with E-state index in [9.17, 15) is 4.79 Å². The van der Waals surface area contributed by atoms with E-state index in [4.69, 9.17) is 5.73 Å². The van der Waals surface area contributed by atoms with Gasteiger partial charge in [-0.05, 0) is 34.4 Å². The number of hydrogen-bond acceptors (Lipinski definition) is 3. The largest absolute Gasteiger partial charge is 0.368 e. The molecule has 0 bridgehead atoms. The van der Waals surface area contributed by atoms with Crippen LogP contribution < -0.4 is 11.1 Å². The lowest BCUT2D eigenvalue weighted by molar-refractivity contribution is -0.124. The number of carbonyl (C=O) groups is 1. The Bertz CT molecular complexity index is 208. The second-order valence-corrected chi connectivity index (χ2v) is 4.50. The molecule has 0 heterocycles. The molecule has 4 heteroatoms. The van der Waals surface area contributed by atoms with Crippen LogP contribution in [0.2, 0.25) is 0 Å². The molecule has 0 aliphatic carbocycles. The van der Waals surface area contributed by atoms with Crippen LogP contribution in [-0.2, 0) is 4.79 Å². The molecule has 0 aliphatic rings. The first kappa shape index (κ1) is 14.4. The number of amides is 1. The number of nitrogens with one attached hydrogen (secondary N) is 1. The lowest BCUT2D eigenvalue weighted by Crippen LogP contribution is -2.58. The topological polar surface area (TPSA) is 58.4 Å². The zero-order chi connectivity index (χ0) is 12.1. The van der Waals surface area contributed by atoms with Crippen molar-refractivity contribution in [2.75, 3.05) is 20.6 Å². The van der Waals surface area contributed by atoms with Gasteiger partial charge in [-0.25, -0.2) is 0 Å². The van der Waals surface area contributed by atoms with E-state index in [1.807, 2.05) is 14.0 Å². The van der Waals surface area contributed by atoms with Gasteiger partial charge in [0.15, 0.2) is 0 Å². The quantitative estimate of drug-likeness (QED) is 0.653. The molecule has 0 saturated carbocycles. The molecule has 90 valence electrons. The highest BCUT2D eigenvalue weighted by Crippen LogP contribution is 2.10. The summed E-state index contributed by atoms with van der Waals surface area (Å²) >= 11 is 0. The number of rotatable bonds is 7. The van der Waals surface area contributed by atoms with Crippen LogP contribution >= 0.6 is 0 Å². The minimum atomic E-state index is -0.642. The fraction of sp³-hybridized carbons (Fsp3) is 0.909. The van der Waals surface area contributed by atoms with Gasteiger partial charge in [0.2, 0.25) is 5.91 Å². The highest BCUT2D eigenvalue weighted by Gasteiger charge is 2.31. The van der Waals surface area contributed by atoms with E-state index in [1.54, 1.807) is 7.05 Å². The van der Waals surface area contributed by atoms with Crippen molar-refractivity contribution < 1.29 is 4.79 Å². The van der Waals surface area contributed by atoms with Crippen molar-refractivity contribution in [3.63, 3.8) is 0 Å². The predicted octanol–water partition coefficient (Wildman–Crippen LogP) is 0.570. The first-order valence-electron chi connectivity index (χ1n) is 5.56. The molecule has 0 radical (unpaired) electrons. The maximum absolute atomic E-state index is 11.3. The Labute approximate surface area is 93.2 Å². The van der Waals surface area contributed by atoms with Gasteiger partial charge in [0.05, 0.1) is 0 Å². The molecular weight excluding hydrogens is 190 g/mol. The minimum Gasteiger partial charge on any atom is -0.368 e. The van der Waals surface area contributed by atoms with E-state index in [0.29, 0.717) is 12.6 Å². The van der Waals surface area contributed by atoms with Crippen molar-refractivity contribution in [2.45, 2.75) is 45.2 Å². The third-order valence-electron chi connectivity index (χ3n) is 3.12. The Morgan fingerprint density at radius 1 is 1.60 bits per heavy atom. The zero-order valence-electron chi connectivity index (χ0n) is 10.6. The smallest absolute Gasteiger partial charge is 0.238 e. The highest BCUT2D eigenvalue weighted by molar-refractivity contribution is 5.84. The summed E-state index contributed by atoms with van der Waals surface area (Å²) in [4.78, 5) is 13.5. The monoisotopic (exact) mass is 215 g/mol. The van der Waals surface area contributed by atoms with Gasteiger partial charge in [0.1, 0.15) is 5.54 Å². The number of likely N-dealkylation sites (N-methyl/N-ethyl adjacent to an activating group) is 2. The molecule has 0 saturated heterocycles. The van der Waals surface area contributed by atoms with Gasteiger partial charge >= 0.3 is 0 Å². The lowest BCUT2D eigenvalue weighted by atomic mass is 10.00. The zero-order valence-corrected chi connectivity index (χ0v) is 10.6. The van der Waals surface area contributed by atoms with Crippen LogP contribution in [0.25, 0.3) is 0 Å². The van der Waals surface area contributed by atoms with E-state index in [2.05, 4.69) is 24.1 Å². The van der Waals surface area contributed by atoms with E-state index in [-0.39, 0.29) is 5.91 Å². The van der Waals surface area contributed by atoms with Crippen LogP contribution in [0, 0.1) is 0 Å². The predicted molar refractivity (Wildman–Crippen MR) is 63.7 cm³/mol. The van der Waals surface area contributed by atoms with E-state index in [0.717, 1.165) is 12.8 Å². The van der Waals surface area contributed by atoms with Crippen LogP contribution in [0.5, 0.6) is 0 Å². The molecule has 0 rings (SSSR count). The van der Waals surface area contributed by atoms with Crippen molar-refractivity contribution >= 4 is 5.91 Å². The lowest BCUT2D eigenvalue weighted by Gasteiger charge is -2.34. The maximum atomic E-state index is 11.3. The highest BCUT2D eigenvalue weighted by atomic mass is 16.1. The van der Waals surface area contributed by atoms with E-state index in [1.165, 1.54) is 0 Å². The van der Waals surface area contributed by atoms with Crippen LogP contribution in [0.4, 0.5) is 0 Å². The summed E-state index contributed by atoms with van der Waals surface area (Å²) in [6, 6.07) is 0.474. The van der Waals surface area contributed by atoms with Gasteiger partial charge in [0, 0.05) is 12.6 Å². The second kappa shape index (κ2) is 6.08. The standard InChI is InChI=1S/C11H25N3O/c1-6-7-9(2)14(5)8-11(3,13-4)10(12)15/h9,13H,6-8H2,1-5H3,(H2,12,15). The molecule has 0 aliphatic heterocycles. The van der Waals surface area contributed by atoms with E-state index >= 15 is 0 Å². The third kappa shape index (κ3) is 4.18. The van der Waals surface area contributed by atoms with Gasteiger partial charge in [0.25, 0.3) is 0 Å². The first-order chi connectivity index (χ1) is 6.87. The SMILES string of the molecule is CCCC(C)N(C)CC(C)(NC)C(N)=O. The van der Waals surface area contributed by atoms with Crippen LogP contribution in [0.3, 0.4) is 0 Å². The summed E-state index contributed by atoms with van der Waals surface area (Å²) in [7, 11) is 3.79. The molecule has 0 aromatic rings. The fourth-order valence-corrected chi connectivity index (χ4v) is 1.57. The molecule has 2 atom stereocenters. The normalized spacial score (nSPS) is 17.5. The number of carbonyl (C=O) groups excluding carboxylic acids is 1. The van der Waals surface area contributed by atoms with Crippen LogP contribution in [-0.4, -0.2) is 43.0 Å². The van der Waals surface area contributed by atoms with Crippen LogP contribution in [0.15, 0.2) is 0 Å². The molecule has 0 spiro atoms. The van der Waals surface area contributed by atoms with Crippen molar-refractivity contribution in [1.29, 1.82) is 0 Å². The van der Waals surface area contributed by atoms with Crippen molar-refractivity contribution in [2.24, 2.45) is 5.73 Å². The molecular formula is C11H25N3O. The van der Waals surface area contributed by atoms with Gasteiger partial charge < -0.3 is 16.0 Å². The number of nitrogens with zero attached hydrogens (tertiary/aromatic N) is 1. The molecule has 0 aromatic carbocycles. The van der Waals surface area contributed by atoms with Gasteiger partial charge in [-0.3, -0.25) is 4.79 Å². The second-order valence-electron chi connectivity index (χ2n) is 4.50.